The van der Waals surface area contributed by atoms with E-state index in [0.29, 0.717) is 24.4 Å². The van der Waals surface area contributed by atoms with Crippen LogP contribution in [0.15, 0.2) is 65.5 Å². The Morgan fingerprint density at radius 1 is 1.05 bits per heavy atom. The lowest BCUT2D eigenvalue weighted by atomic mass is 10.1. The van der Waals surface area contributed by atoms with E-state index in [0.717, 1.165) is 29.2 Å². The van der Waals surface area contributed by atoms with Crippen LogP contribution in [0.3, 0.4) is 0 Å². The van der Waals surface area contributed by atoms with E-state index in [2.05, 4.69) is 10.4 Å². The summed E-state index contributed by atoms with van der Waals surface area (Å²) in [5, 5.41) is 6.88. The third kappa shape index (κ3) is 4.76. The Bertz CT molecular complexity index is 1510. The number of para-hydroxylation sites is 1. The number of aromatic nitrogens is 3. The Kier molecular flexibility index (Phi) is 6.60. The summed E-state index contributed by atoms with van der Waals surface area (Å²) in [7, 11) is 0. The zero-order valence-corrected chi connectivity index (χ0v) is 20.5. The highest BCUT2D eigenvalue weighted by molar-refractivity contribution is 6.06. The van der Waals surface area contributed by atoms with Gasteiger partial charge in [-0.1, -0.05) is 42.5 Å². The first-order valence-electron chi connectivity index (χ1n) is 12.1. The van der Waals surface area contributed by atoms with Gasteiger partial charge < -0.3 is 10.1 Å². The van der Waals surface area contributed by atoms with Crippen LogP contribution in [-0.2, 0) is 13.0 Å². The summed E-state index contributed by atoms with van der Waals surface area (Å²) in [6.07, 6.45) is 1.86. The quantitative estimate of drug-likeness (QED) is 0.384. The predicted octanol–water partition coefficient (Wildman–Crippen LogP) is 5.35. The lowest BCUT2D eigenvalue weighted by molar-refractivity contribution is 0.101. The summed E-state index contributed by atoms with van der Waals surface area (Å²) in [5.41, 5.74) is 0.636. The third-order valence-corrected chi connectivity index (χ3v) is 6.53. The molecule has 1 N–H and O–H groups in total. The predicted molar refractivity (Wildman–Crippen MR) is 135 cm³/mol. The van der Waals surface area contributed by atoms with Gasteiger partial charge in [-0.05, 0) is 49.9 Å². The van der Waals surface area contributed by atoms with E-state index in [1.165, 1.54) is 22.8 Å². The lowest BCUT2D eigenvalue weighted by Gasteiger charge is -2.19. The van der Waals surface area contributed by atoms with E-state index in [1.54, 1.807) is 19.9 Å². The monoisotopic (exact) mass is 504 g/mol. The van der Waals surface area contributed by atoms with Crippen molar-refractivity contribution in [3.05, 3.63) is 105 Å². The molecule has 4 aromatic rings. The van der Waals surface area contributed by atoms with Crippen LogP contribution in [0.5, 0.6) is 5.75 Å². The molecular formula is C28H26F2N4O3. The fraction of sp³-hybridized carbons (Fsp3) is 0.250. The Hall–Kier alpha value is -4.27. The maximum absolute atomic E-state index is 15.5. The number of carbonyl (C=O) groups is 1. The van der Waals surface area contributed by atoms with Crippen LogP contribution in [0.2, 0.25) is 0 Å². The van der Waals surface area contributed by atoms with Gasteiger partial charge in [0.05, 0.1) is 11.3 Å². The van der Waals surface area contributed by atoms with Crippen LogP contribution in [0.4, 0.5) is 14.5 Å². The Balaban J connectivity index is 1.59. The molecule has 0 spiro atoms. The number of rotatable bonds is 6. The smallest absolute Gasteiger partial charge is 0.350 e. The van der Waals surface area contributed by atoms with Crippen LogP contribution in [0.1, 0.15) is 53.2 Å². The van der Waals surface area contributed by atoms with Crippen LogP contribution >= 0.6 is 0 Å². The first-order valence-corrected chi connectivity index (χ1v) is 12.1. The second-order valence-corrected chi connectivity index (χ2v) is 9.08. The second kappa shape index (κ2) is 10.0. The standard InChI is InChI=1S/C28H26F2N4O3/c1-17-9-8-12-21(29)26(17)31-27(35)20-15-22(30)23(34-28(36)33-14-7-6-13-25(33)32-34)16-24(20)37-18(2)19-10-4-3-5-11-19/h3-5,8-12,15-16,18H,6-7,13-14H2,1-2H3,(H,31,35)/t18-/m0/s1. The number of ether oxygens (including phenoxy) is 1. The Morgan fingerprint density at radius 2 is 1.84 bits per heavy atom. The maximum Gasteiger partial charge on any atom is 0.350 e. The highest BCUT2D eigenvalue weighted by Crippen LogP contribution is 2.31. The van der Waals surface area contributed by atoms with Gasteiger partial charge >= 0.3 is 5.69 Å². The van der Waals surface area contributed by atoms with Crippen molar-refractivity contribution in [3.63, 3.8) is 0 Å². The number of benzene rings is 3. The van der Waals surface area contributed by atoms with E-state index in [1.807, 2.05) is 30.3 Å². The topological polar surface area (TPSA) is 78.2 Å². The highest BCUT2D eigenvalue weighted by atomic mass is 19.1. The van der Waals surface area contributed by atoms with Crippen LogP contribution in [0.25, 0.3) is 5.69 Å². The number of hydrogen-bond acceptors (Lipinski definition) is 4. The Labute approximate surface area is 212 Å². The van der Waals surface area contributed by atoms with E-state index in [-0.39, 0.29) is 22.7 Å². The van der Waals surface area contributed by atoms with Gasteiger partial charge in [0.2, 0.25) is 0 Å². The maximum atomic E-state index is 15.5. The number of nitrogens with one attached hydrogen (secondary N) is 1. The van der Waals surface area contributed by atoms with Gasteiger partial charge in [-0.3, -0.25) is 9.36 Å². The van der Waals surface area contributed by atoms with Crippen molar-refractivity contribution in [3.8, 4) is 11.4 Å². The molecular weight excluding hydrogens is 478 g/mol. The van der Waals surface area contributed by atoms with Gasteiger partial charge in [-0.2, -0.15) is 4.68 Å². The molecule has 0 saturated carbocycles. The number of fused-ring (bicyclic) bond motifs is 1. The summed E-state index contributed by atoms with van der Waals surface area (Å²) >= 11 is 0. The largest absolute Gasteiger partial charge is 0.485 e. The van der Waals surface area contributed by atoms with E-state index in [9.17, 15) is 14.0 Å². The summed E-state index contributed by atoms with van der Waals surface area (Å²) in [4.78, 5) is 26.3. The van der Waals surface area contributed by atoms with Crippen molar-refractivity contribution in [2.45, 2.75) is 45.8 Å². The van der Waals surface area contributed by atoms with Crippen LogP contribution in [-0.4, -0.2) is 20.3 Å². The molecule has 7 nitrogen and oxygen atoms in total. The molecule has 0 unspecified atom stereocenters. The highest BCUT2D eigenvalue weighted by Gasteiger charge is 2.25. The molecule has 3 aromatic carbocycles. The normalized spacial score (nSPS) is 13.6. The van der Waals surface area contributed by atoms with Gasteiger partial charge in [0.1, 0.15) is 35.0 Å². The molecule has 1 atom stereocenters. The van der Waals surface area contributed by atoms with Gasteiger partial charge in [0, 0.05) is 19.0 Å². The van der Waals surface area contributed by atoms with Crippen molar-refractivity contribution in [1.29, 1.82) is 0 Å². The van der Waals surface area contributed by atoms with Crippen molar-refractivity contribution in [2.75, 3.05) is 5.32 Å². The minimum atomic E-state index is -0.826. The molecule has 1 amide bonds. The molecule has 0 bridgehead atoms. The van der Waals surface area contributed by atoms with Gasteiger partial charge in [0.25, 0.3) is 5.91 Å². The molecule has 1 aliphatic heterocycles. The number of nitrogens with zero attached hydrogens (tertiary/aromatic N) is 3. The number of amides is 1. The molecule has 37 heavy (non-hydrogen) atoms. The molecule has 5 rings (SSSR count). The van der Waals surface area contributed by atoms with Gasteiger partial charge in [-0.25, -0.2) is 13.6 Å². The summed E-state index contributed by atoms with van der Waals surface area (Å²) in [5.74, 6) is -1.55. The van der Waals surface area contributed by atoms with Crippen LogP contribution in [0, 0.1) is 18.6 Å². The summed E-state index contributed by atoms with van der Waals surface area (Å²) in [6.45, 7) is 3.97. The molecule has 0 saturated heterocycles. The van der Waals surface area contributed by atoms with Crippen molar-refractivity contribution in [2.24, 2.45) is 0 Å². The minimum Gasteiger partial charge on any atom is -0.485 e. The molecule has 190 valence electrons. The summed E-state index contributed by atoms with van der Waals surface area (Å²) in [6, 6.07) is 16.0. The first kappa shape index (κ1) is 24.4. The minimum absolute atomic E-state index is 0.00274. The average Bonchev–Trinajstić information content (AvgIpc) is 3.23. The molecule has 0 fully saturated rings. The third-order valence-electron chi connectivity index (χ3n) is 6.53. The summed E-state index contributed by atoms with van der Waals surface area (Å²) < 4.78 is 38.6. The SMILES string of the molecule is Cc1cccc(F)c1NC(=O)c1cc(F)c(-n2nc3n(c2=O)CCCC3)cc1O[C@@H](C)c1ccccc1. The number of halogens is 2. The zero-order valence-electron chi connectivity index (χ0n) is 20.5. The molecule has 9 heteroatoms. The van der Waals surface area contributed by atoms with Crippen molar-refractivity contribution >= 4 is 11.6 Å². The number of aryl methyl sites for hydroxylation is 2. The van der Waals surface area contributed by atoms with Gasteiger partial charge in [-0.15, -0.1) is 5.10 Å². The lowest BCUT2D eigenvalue weighted by Crippen LogP contribution is -2.27. The van der Waals surface area contributed by atoms with Crippen molar-refractivity contribution in [1.82, 2.24) is 14.3 Å². The van der Waals surface area contributed by atoms with Gasteiger partial charge in [0.15, 0.2) is 0 Å². The molecule has 1 aromatic heterocycles. The van der Waals surface area contributed by atoms with E-state index >= 15 is 4.39 Å². The molecule has 0 aliphatic carbocycles. The molecule has 1 aliphatic rings. The van der Waals surface area contributed by atoms with E-state index in [4.69, 9.17) is 4.74 Å². The molecule has 0 radical (unpaired) electrons. The van der Waals surface area contributed by atoms with E-state index < -0.39 is 29.3 Å². The first-order chi connectivity index (χ1) is 17.8. The van der Waals surface area contributed by atoms with Crippen LogP contribution < -0.4 is 15.7 Å². The average molecular weight is 505 g/mol. The Morgan fingerprint density at radius 3 is 2.57 bits per heavy atom. The second-order valence-electron chi connectivity index (χ2n) is 9.08. The van der Waals surface area contributed by atoms with Crippen molar-refractivity contribution < 1.29 is 18.3 Å². The number of hydrogen-bond donors (Lipinski definition) is 1. The number of anilines is 1. The zero-order chi connectivity index (χ0) is 26.1. The fourth-order valence-electron chi connectivity index (χ4n) is 4.49. The fourth-order valence-corrected chi connectivity index (χ4v) is 4.49. The molecule has 2 heterocycles. The number of carbonyl (C=O) groups excluding carboxylic acids is 1.